The number of hydrogen-bond acceptors (Lipinski definition) is 3. The summed E-state index contributed by atoms with van der Waals surface area (Å²) in [6.45, 7) is 0.0393. The van der Waals surface area contributed by atoms with Crippen LogP contribution in [0.5, 0.6) is 0 Å². The van der Waals surface area contributed by atoms with Crippen LogP contribution in [0.15, 0.2) is 16.6 Å². The highest BCUT2D eigenvalue weighted by atomic mass is 79.9. The first-order valence-corrected chi connectivity index (χ1v) is 5.86. The third-order valence-corrected chi connectivity index (χ3v) is 2.62. The average Bonchev–Trinajstić information content (AvgIpc) is 2.32. The first-order chi connectivity index (χ1) is 8.54. The number of nitriles is 1. The Labute approximate surface area is 111 Å². The maximum atomic E-state index is 13.4. The molecule has 0 spiro atoms. The normalized spacial score (nSPS) is 9.67. The summed E-state index contributed by atoms with van der Waals surface area (Å²) in [5, 5.41) is 13.2. The predicted octanol–water partition coefficient (Wildman–Crippen LogP) is 2.17. The van der Waals surface area contributed by atoms with Crippen molar-refractivity contribution in [3.8, 4) is 6.07 Å². The van der Waals surface area contributed by atoms with Gasteiger partial charge in [0.2, 0.25) is 5.91 Å². The van der Waals surface area contributed by atoms with Crippen molar-refractivity contribution >= 4 is 27.5 Å². The zero-order valence-electron chi connectivity index (χ0n) is 9.27. The standard InChI is InChI=1S/C11H10BrF2N3O/c12-7-4-9(14)10(5-8(7)13)17-6-11(18)16-3-1-2-15/h4-5,17H,1,3,6H2,(H,16,18). The largest absolute Gasteiger partial charge is 0.374 e. The van der Waals surface area contributed by atoms with E-state index in [9.17, 15) is 13.6 Å². The van der Waals surface area contributed by atoms with Gasteiger partial charge in [-0.15, -0.1) is 0 Å². The Kier molecular flexibility index (Phi) is 5.52. The number of amides is 1. The Balaban J connectivity index is 2.51. The van der Waals surface area contributed by atoms with Gasteiger partial charge < -0.3 is 10.6 Å². The highest BCUT2D eigenvalue weighted by Gasteiger charge is 2.09. The lowest BCUT2D eigenvalue weighted by molar-refractivity contribution is -0.119. The van der Waals surface area contributed by atoms with Gasteiger partial charge in [0, 0.05) is 12.6 Å². The van der Waals surface area contributed by atoms with Gasteiger partial charge in [0.25, 0.3) is 0 Å². The number of nitrogens with zero attached hydrogens (tertiary/aromatic N) is 1. The average molecular weight is 318 g/mol. The fourth-order valence-corrected chi connectivity index (χ4v) is 1.47. The number of benzene rings is 1. The molecule has 0 saturated carbocycles. The van der Waals surface area contributed by atoms with Gasteiger partial charge in [-0.05, 0) is 22.0 Å². The van der Waals surface area contributed by atoms with E-state index in [0.29, 0.717) is 0 Å². The van der Waals surface area contributed by atoms with Crippen molar-refractivity contribution in [1.82, 2.24) is 5.32 Å². The molecule has 0 radical (unpaired) electrons. The molecule has 0 heterocycles. The van der Waals surface area contributed by atoms with Gasteiger partial charge in [0.1, 0.15) is 11.6 Å². The molecule has 1 rings (SSSR count). The lowest BCUT2D eigenvalue weighted by Crippen LogP contribution is -2.30. The van der Waals surface area contributed by atoms with Gasteiger partial charge in [0.05, 0.1) is 29.2 Å². The predicted molar refractivity (Wildman–Crippen MR) is 65.8 cm³/mol. The molecule has 1 amide bonds. The van der Waals surface area contributed by atoms with Gasteiger partial charge in [-0.3, -0.25) is 4.79 Å². The Morgan fingerprint density at radius 3 is 2.78 bits per heavy atom. The van der Waals surface area contributed by atoms with Crippen LogP contribution in [0.2, 0.25) is 0 Å². The highest BCUT2D eigenvalue weighted by Crippen LogP contribution is 2.22. The van der Waals surface area contributed by atoms with Crippen molar-refractivity contribution < 1.29 is 13.6 Å². The zero-order valence-corrected chi connectivity index (χ0v) is 10.9. The van der Waals surface area contributed by atoms with Crippen LogP contribution in [-0.2, 0) is 4.79 Å². The lowest BCUT2D eigenvalue weighted by atomic mass is 10.3. The molecule has 0 fully saturated rings. The van der Waals surface area contributed by atoms with Crippen LogP contribution in [0.1, 0.15) is 6.42 Å². The van der Waals surface area contributed by atoms with Crippen LogP contribution in [-0.4, -0.2) is 19.0 Å². The van der Waals surface area contributed by atoms with Gasteiger partial charge in [-0.1, -0.05) is 0 Å². The second-order valence-electron chi connectivity index (χ2n) is 3.36. The van der Waals surface area contributed by atoms with E-state index >= 15 is 0 Å². The molecular weight excluding hydrogens is 308 g/mol. The summed E-state index contributed by atoms with van der Waals surface area (Å²) in [6.07, 6.45) is 0.201. The Morgan fingerprint density at radius 2 is 2.11 bits per heavy atom. The van der Waals surface area contributed by atoms with E-state index < -0.39 is 17.5 Å². The van der Waals surface area contributed by atoms with Gasteiger partial charge in [0.15, 0.2) is 0 Å². The summed E-state index contributed by atoms with van der Waals surface area (Å²) < 4.78 is 26.5. The third-order valence-electron chi connectivity index (χ3n) is 2.01. The molecule has 0 aliphatic carbocycles. The van der Waals surface area contributed by atoms with Crippen molar-refractivity contribution in [2.24, 2.45) is 0 Å². The van der Waals surface area contributed by atoms with Crippen LogP contribution in [0.4, 0.5) is 14.5 Å². The number of anilines is 1. The summed E-state index contributed by atoms with van der Waals surface area (Å²) in [4.78, 5) is 11.2. The summed E-state index contributed by atoms with van der Waals surface area (Å²) in [7, 11) is 0. The molecule has 18 heavy (non-hydrogen) atoms. The monoisotopic (exact) mass is 317 g/mol. The second kappa shape index (κ2) is 6.91. The molecule has 0 aliphatic rings. The fraction of sp³-hybridized carbons (Fsp3) is 0.273. The molecule has 0 aromatic heterocycles. The molecule has 0 unspecified atom stereocenters. The van der Waals surface area contributed by atoms with Crippen LogP contribution in [0.25, 0.3) is 0 Å². The van der Waals surface area contributed by atoms with Gasteiger partial charge in [-0.2, -0.15) is 5.26 Å². The number of carbonyl (C=O) groups excluding carboxylic acids is 1. The number of halogens is 3. The Morgan fingerprint density at radius 1 is 1.39 bits per heavy atom. The van der Waals surface area contributed by atoms with Crippen molar-refractivity contribution in [2.45, 2.75) is 6.42 Å². The fourth-order valence-electron chi connectivity index (χ4n) is 1.15. The topological polar surface area (TPSA) is 64.9 Å². The summed E-state index contributed by atoms with van der Waals surface area (Å²) in [5.41, 5.74) is -0.0915. The van der Waals surface area contributed by atoms with E-state index in [2.05, 4.69) is 26.6 Å². The minimum absolute atomic E-state index is 0.0176. The first-order valence-electron chi connectivity index (χ1n) is 5.06. The van der Waals surface area contributed by atoms with Crippen molar-refractivity contribution in [3.05, 3.63) is 28.2 Å². The highest BCUT2D eigenvalue weighted by molar-refractivity contribution is 9.10. The summed E-state index contributed by atoms with van der Waals surface area (Å²) in [6, 6.07) is 3.81. The Bertz CT molecular complexity index is 488. The number of nitrogens with one attached hydrogen (secondary N) is 2. The van der Waals surface area contributed by atoms with E-state index in [-0.39, 0.29) is 29.7 Å². The quantitative estimate of drug-likeness (QED) is 0.646. The molecule has 0 aliphatic heterocycles. The lowest BCUT2D eigenvalue weighted by Gasteiger charge is -2.08. The second-order valence-corrected chi connectivity index (χ2v) is 4.21. The molecule has 1 aromatic carbocycles. The molecule has 0 bridgehead atoms. The van der Waals surface area contributed by atoms with E-state index in [1.165, 1.54) is 0 Å². The molecule has 96 valence electrons. The van der Waals surface area contributed by atoms with E-state index in [1.54, 1.807) is 0 Å². The van der Waals surface area contributed by atoms with Crippen molar-refractivity contribution in [1.29, 1.82) is 5.26 Å². The molecule has 7 heteroatoms. The van der Waals surface area contributed by atoms with E-state index in [1.807, 2.05) is 6.07 Å². The molecule has 0 saturated heterocycles. The van der Waals surface area contributed by atoms with Crippen LogP contribution >= 0.6 is 15.9 Å². The molecule has 2 N–H and O–H groups in total. The molecular formula is C11H10BrF2N3O. The Hall–Kier alpha value is -1.68. The summed E-state index contributed by atoms with van der Waals surface area (Å²) in [5.74, 6) is -1.68. The number of hydrogen-bond donors (Lipinski definition) is 2. The third kappa shape index (κ3) is 4.30. The zero-order chi connectivity index (χ0) is 13.5. The number of carbonyl (C=O) groups is 1. The number of rotatable bonds is 5. The first kappa shape index (κ1) is 14.4. The van der Waals surface area contributed by atoms with Crippen LogP contribution < -0.4 is 10.6 Å². The smallest absolute Gasteiger partial charge is 0.239 e. The molecule has 1 aromatic rings. The summed E-state index contributed by atoms with van der Waals surface area (Å²) >= 11 is 2.85. The van der Waals surface area contributed by atoms with Gasteiger partial charge >= 0.3 is 0 Å². The maximum Gasteiger partial charge on any atom is 0.239 e. The minimum Gasteiger partial charge on any atom is -0.374 e. The van der Waals surface area contributed by atoms with Crippen molar-refractivity contribution in [2.75, 3.05) is 18.4 Å². The van der Waals surface area contributed by atoms with Gasteiger partial charge in [-0.25, -0.2) is 8.78 Å². The SMILES string of the molecule is N#CCCNC(=O)CNc1cc(F)c(Br)cc1F. The van der Waals surface area contributed by atoms with E-state index in [0.717, 1.165) is 12.1 Å². The van der Waals surface area contributed by atoms with Crippen LogP contribution in [0, 0.1) is 23.0 Å². The molecule has 0 atom stereocenters. The van der Waals surface area contributed by atoms with Crippen LogP contribution in [0.3, 0.4) is 0 Å². The maximum absolute atomic E-state index is 13.4. The van der Waals surface area contributed by atoms with E-state index in [4.69, 9.17) is 5.26 Å². The molecule has 4 nitrogen and oxygen atoms in total. The van der Waals surface area contributed by atoms with Crippen molar-refractivity contribution in [3.63, 3.8) is 0 Å². The minimum atomic E-state index is -0.659.